The van der Waals surface area contributed by atoms with Crippen LogP contribution in [-0.2, 0) is 0 Å². The van der Waals surface area contributed by atoms with Crippen LogP contribution in [0.3, 0.4) is 0 Å². The Hall–Kier alpha value is -2.26. The largest absolute Gasteiger partial charge is 0.497 e. The normalized spacial score (nSPS) is 10.4. The van der Waals surface area contributed by atoms with Gasteiger partial charge in [0.2, 0.25) is 0 Å². The minimum absolute atomic E-state index is 0.871. The Labute approximate surface area is 128 Å². The molecule has 0 fully saturated rings. The molecule has 3 rings (SSSR count). The zero-order valence-corrected chi connectivity index (χ0v) is 12.8. The topological polar surface area (TPSA) is 18.5 Å². The summed E-state index contributed by atoms with van der Waals surface area (Å²) in [5.74, 6) is 1.74. The molecule has 2 nitrogen and oxygen atoms in total. The van der Waals surface area contributed by atoms with Gasteiger partial charge < -0.3 is 9.47 Å². The molecular weight excluding hydrogens is 280 g/mol. The molecule has 3 heteroatoms. The van der Waals surface area contributed by atoms with Crippen molar-refractivity contribution in [3.8, 4) is 33.1 Å². The number of hydrogen-bond acceptors (Lipinski definition) is 3. The Balaban J connectivity index is 2.07. The molecule has 0 aliphatic rings. The Morgan fingerprint density at radius 1 is 0.762 bits per heavy atom. The van der Waals surface area contributed by atoms with Crippen LogP contribution in [0.1, 0.15) is 0 Å². The van der Waals surface area contributed by atoms with Crippen molar-refractivity contribution in [3.63, 3.8) is 0 Å². The van der Waals surface area contributed by atoms with Crippen LogP contribution in [0.15, 0.2) is 60.0 Å². The van der Waals surface area contributed by atoms with Gasteiger partial charge in [0, 0.05) is 10.4 Å². The average molecular weight is 296 g/mol. The number of thiophene rings is 1. The monoisotopic (exact) mass is 296 g/mol. The molecule has 0 N–H and O–H groups in total. The second-order valence-electron chi connectivity index (χ2n) is 4.63. The van der Waals surface area contributed by atoms with Crippen LogP contribution in [0.5, 0.6) is 11.5 Å². The summed E-state index contributed by atoms with van der Waals surface area (Å²) < 4.78 is 10.6. The highest BCUT2D eigenvalue weighted by atomic mass is 32.1. The molecule has 0 saturated heterocycles. The summed E-state index contributed by atoms with van der Waals surface area (Å²) in [5.41, 5.74) is 3.54. The van der Waals surface area contributed by atoms with E-state index in [1.54, 1.807) is 25.6 Å². The Kier molecular flexibility index (Phi) is 3.93. The third-order valence-electron chi connectivity index (χ3n) is 3.38. The van der Waals surface area contributed by atoms with Crippen LogP contribution < -0.4 is 9.47 Å². The van der Waals surface area contributed by atoms with E-state index in [1.807, 2.05) is 24.3 Å². The van der Waals surface area contributed by atoms with Gasteiger partial charge in [-0.3, -0.25) is 0 Å². The van der Waals surface area contributed by atoms with E-state index in [1.165, 1.54) is 16.0 Å². The highest BCUT2D eigenvalue weighted by Crippen LogP contribution is 2.38. The van der Waals surface area contributed by atoms with E-state index in [0.29, 0.717) is 0 Å². The van der Waals surface area contributed by atoms with Gasteiger partial charge in [0.1, 0.15) is 11.5 Å². The van der Waals surface area contributed by atoms with Crippen LogP contribution in [0, 0.1) is 0 Å². The average Bonchev–Trinajstić information content (AvgIpc) is 3.04. The molecule has 21 heavy (non-hydrogen) atoms. The molecule has 0 aliphatic heterocycles. The van der Waals surface area contributed by atoms with E-state index < -0.39 is 0 Å². The third kappa shape index (κ3) is 2.78. The van der Waals surface area contributed by atoms with Crippen molar-refractivity contribution in [1.82, 2.24) is 0 Å². The van der Waals surface area contributed by atoms with E-state index in [9.17, 15) is 0 Å². The minimum atomic E-state index is 0.871. The SMILES string of the molecule is COc1cccc(-c2ccsc2-c2cccc(OC)c2)c1. The van der Waals surface area contributed by atoms with Gasteiger partial charge >= 0.3 is 0 Å². The summed E-state index contributed by atoms with van der Waals surface area (Å²) in [6.07, 6.45) is 0. The molecular formula is C18H16O2S. The molecule has 0 bridgehead atoms. The van der Waals surface area contributed by atoms with Gasteiger partial charge in [-0.15, -0.1) is 11.3 Å². The predicted octanol–water partition coefficient (Wildman–Crippen LogP) is 5.10. The van der Waals surface area contributed by atoms with Gasteiger partial charge in [0.25, 0.3) is 0 Å². The standard InChI is InChI=1S/C18H16O2S/c1-19-15-7-3-5-13(11-15)17-9-10-21-18(17)14-6-4-8-16(12-14)20-2/h3-12H,1-2H3. The lowest BCUT2D eigenvalue weighted by Gasteiger charge is -2.08. The van der Waals surface area contributed by atoms with Crippen LogP contribution in [-0.4, -0.2) is 14.2 Å². The first kappa shape index (κ1) is 13.7. The van der Waals surface area contributed by atoms with E-state index in [0.717, 1.165) is 17.1 Å². The smallest absolute Gasteiger partial charge is 0.119 e. The first-order valence-electron chi connectivity index (χ1n) is 6.68. The van der Waals surface area contributed by atoms with Crippen LogP contribution in [0.2, 0.25) is 0 Å². The fourth-order valence-corrected chi connectivity index (χ4v) is 3.23. The number of methoxy groups -OCH3 is 2. The summed E-state index contributed by atoms with van der Waals surface area (Å²) in [6, 6.07) is 18.4. The van der Waals surface area contributed by atoms with Gasteiger partial charge in [0.05, 0.1) is 14.2 Å². The maximum absolute atomic E-state index is 5.32. The molecule has 0 radical (unpaired) electrons. The second-order valence-corrected chi connectivity index (χ2v) is 5.54. The van der Waals surface area contributed by atoms with Crippen molar-refractivity contribution in [2.75, 3.05) is 14.2 Å². The molecule has 1 heterocycles. The maximum atomic E-state index is 5.32. The summed E-state index contributed by atoms with van der Waals surface area (Å²) in [7, 11) is 3.38. The quantitative estimate of drug-likeness (QED) is 0.667. The van der Waals surface area contributed by atoms with Gasteiger partial charge in [-0.25, -0.2) is 0 Å². The van der Waals surface area contributed by atoms with Gasteiger partial charge in [-0.2, -0.15) is 0 Å². The van der Waals surface area contributed by atoms with Crippen molar-refractivity contribution >= 4 is 11.3 Å². The molecule has 2 aromatic carbocycles. The Morgan fingerprint density at radius 2 is 1.38 bits per heavy atom. The van der Waals surface area contributed by atoms with Crippen molar-refractivity contribution < 1.29 is 9.47 Å². The van der Waals surface area contributed by atoms with E-state index in [-0.39, 0.29) is 0 Å². The fraction of sp³-hybridized carbons (Fsp3) is 0.111. The first-order chi connectivity index (χ1) is 10.3. The minimum Gasteiger partial charge on any atom is -0.497 e. The lowest BCUT2D eigenvalue weighted by atomic mass is 10.0. The van der Waals surface area contributed by atoms with Crippen LogP contribution >= 0.6 is 11.3 Å². The van der Waals surface area contributed by atoms with Gasteiger partial charge in [-0.1, -0.05) is 24.3 Å². The molecule has 0 atom stereocenters. The summed E-state index contributed by atoms with van der Waals surface area (Å²) in [6.45, 7) is 0. The molecule has 0 aliphatic carbocycles. The van der Waals surface area contributed by atoms with E-state index >= 15 is 0 Å². The Morgan fingerprint density at radius 3 is 2.05 bits per heavy atom. The number of ether oxygens (including phenoxy) is 2. The number of benzene rings is 2. The zero-order valence-electron chi connectivity index (χ0n) is 12.0. The summed E-state index contributed by atoms with van der Waals surface area (Å²) >= 11 is 1.73. The molecule has 0 amide bonds. The van der Waals surface area contributed by atoms with Crippen molar-refractivity contribution in [1.29, 1.82) is 0 Å². The lowest BCUT2D eigenvalue weighted by molar-refractivity contribution is 0.415. The maximum Gasteiger partial charge on any atom is 0.119 e. The van der Waals surface area contributed by atoms with Crippen molar-refractivity contribution in [2.45, 2.75) is 0 Å². The predicted molar refractivity (Wildman–Crippen MR) is 88.3 cm³/mol. The van der Waals surface area contributed by atoms with Gasteiger partial charge in [-0.05, 0) is 46.8 Å². The summed E-state index contributed by atoms with van der Waals surface area (Å²) in [4.78, 5) is 1.24. The third-order valence-corrected chi connectivity index (χ3v) is 4.34. The van der Waals surface area contributed by atoms with Crippen LogP contribution in [0.4, 0.5) is 0 Å². The molecule has 0 saturated carbocycles. The summed E-state index contributed by atoms with van der Waals surface area (Å²) in [5, 5.41) is 2.11. The lowest BCUT2D eigenvalue weighted by Crippen LogP contribution is -1.85. The molecule has 106 valence electrons. The fourth-order valence-electron chi connectivity index (χ4n) is 2.32. The van der Waals surface area contributed by atoms with Gasteiger partial charge in [0.15, 0.2) is 0 Å². The number of rotatable bonds is 4. The van der Waals surface area contributed by atoms with Crippen molar-refractivity contribution in [3.05, 3.63) is 60.0 Å². The Bertz CT molecular complexity index is 684. The highest BCUT2D eigenvalue weighted by molar-refractivity contribution is 7.14. The number of hydrogen-bond donors (Lipinski definition) is 0. The highest BCUT2D eigenvalue weighted by Gasteiger charge is 2.10. The van der Waals surface area contributed by atoms with E-state index in [4.69, 9.17) is 9.47 Å². The molecule has 1 aromatic heterocycles. The molecule has 0 unspecified atom stereocenters. The van der Waals surface area contributed by atoms with E-state index in [2.05, 4.69) is 35.7 Å². The zero-order chi connectivity index (χ0) is 14.7. The van der Waals surface area contributed by atoms with Crippen molar-refractivity contribution in [2.24, 2.45) is 0 Å². The first-order valence-corrected chi connectivity index (χ1v) is 7.56. The van der Waals surface area contributed by atoms with Crippen LogP contribution in [0.25, 0.3) is 21.6 Å². The second kappa shape index (κ2) is 6.02. The molecule has 0 spiro atoms. The molecule has 3 aromatic rings.